The fourth-order valence-electron chi connectivity index (χ4n) is 7.93. The quantitative estimate of drug-likeness (QED) is 0.0168. The Morgan fingerprint density at radius 3 is 1.41 bits per heavy atom. The van der Waals surface area contributed by atoms with Gasteiger partial charge in [0.25, 0.3) is 0 Å². The molecule has 2 aromatic heterocycles. The van der Waals surface area contributed by atoms with Gasteiger partial charge in [-0.3, -0.25) is 39.6 Å². The molecule has 0 bridgehead atoms. The highest BCUT2D eigenvalue weighted by Gasteiger charge is 2.34. The molecule has 0 saturated heterocycles. The maximum atomic E-state index is 14.9. The van der Waals surface area contributed by atoms with E-state index in [4.69, 9.17) is 33.8 Å². The molecule has 6 amide bonds. The molecule has 0 spiro atoms. The number of aromatic amines is 2. The molecule has 0 fully saturated rings. The van der Waals surface area contributed by atoms with Crippen LogP contribution >= 0.6 is 0 Å². The first kappa shape index (κ1) is 53.5. The number of carbonyl (C=O) groups excluding carboxylic acids is 6. The molecular weight excluding hydrogens is 915 g/mol. The number of amides is 6. The average Bonchev–Trinajstić information content (AvgIpc) is 3.95. The van der Waals surface area contributed by atoms with Crippen LogP contribution in [0.4, 0.5) is 0 Å². The standard InChI is InChI=1S/C48H63N15O8/c49-32(22-27-10-2-1-3-11-27)41(65)59-35(16-8-20-55-47(51)52)42(66)62-39(24-29-26-58-34-15-7-5-13-31(29)34)45(69)63-38(23-28-25-57-33-14-6-4-12-30(28)33)44(68)60-36(18-19-40(50)64)43(67)61-37(46(70)71)17-9-21-56-48(53)54/h1-7,10-15,25-26,32,35-39,57-58H,8-9,16-24,49H2,(H2,50,64)(H,59,65)(H,60,68)(H,61,67)(H,62,66)(H,63,69)(H,70,71)(H4,51,52,55)(H4,53,54,56)/t32-,35-,36-,37-,38-,39-/m0/s1. The molecule has 0 radical (unpaired) electrons. The molecule has 0 saturated carbocycles. The number of H-pyrrole nitrogens is 2. The smallest absolute Gasteiger partial charge is 0.326 e. The number of fused-ring (bicyclic) bond motifs is 2. The molecule has 378 valence electrons. The highest BCUT2D eigenvalue weighted by molar-refractivity contribution is 5.98. The highest BCUT2D eigenvalue weighted by atomic mass is 16.4. The normalized spacial score (nSPS) is 13.6. The van der Waals surface area contributed by atoms with E-state index >= 15 is 0 Å². The molecule has 23 nitrogen and oxygen atoms in total. The van der Waals surface area contributed by atoms with Gasteiger partial charge >= 0.3 is 5.97 Å². The summed E-state index contributed by atoms with van der Waals surface area (Å²) in [5.74, 6) is -6.82. The van der Waals surface area contributed by atoms with Crippen molar-refractivity contribution in [2.75, 3.05) is 13.1 Å². The summed E-state index contributed by atoms with van der Waals surface area (Å²) in [7, 11) is 0. The van der Waals surface area contributed by atoms with Crippen LogP contribution in [0.5, 0.6) is 0 Å². The third kappa shape index (κ3) is 16.6. The van der Waals surface area contributed by atoms with Crippen LogP contribution in [0.3, 0.4) is 0 Å². The lowest BCUT2D eigenvalue weighted by Gasteiger charge is -2.27. The van der Waals surface area contributed by atoms with E-state index in [1.807, 2.05) is 72.8 Å². The maximum absolute atomic E-state index is 14.9. The highest BCUT2D eigenvalue weighted by Crippen LogP contribution is 2.22. The number of hydrogen-bond donors (Lipinski definition) is 16. The van der Waals surface area contributed by atoms with Crippen molar-refractivity contribution in [3.05, 3.63) is 108 Å². The number of primary amides is 1. The molecule has 0 aliphatic carbocycles. The molecule has 0 aliphatic rings. The van der Waals surface area contributed by atoms with E-state index in [1.54, 1.807) is 18.5 Å². The first-order chi connectivity index (χ1) is 34.0. The van der Waals surface area contributed by atoms with Crippen LogP contribution in [-0.4, -0.2) is 118 Å². The number of guanidine groups is 2. The molecule has 5 rings (SSSR count). The molecule has 20 N–H and O–H groups in total. The van der Waals surface area contributed by atoms with Gasteiger partial charge in [0.1, 0.15) is 30.2 Å². The van der Waals surface area contributed by atoms with Gasteiger partial charge in [-0.25, -0.2) is 4.79 Å². The van der Waals surface area contributed by atoms with E-state index in [2.05, 4.69) is 47.2 Å². The van der Waals surface area contributed by atoms with Crippen LogP contribution in [-0.2, 0) is 52.8 Å². The van der Waals surface area contributed by atoms with Crippen molar-refractivity contribution in [2.24, 2.45) is 22.9 Å². The second kappa shape index (κ2) is 26.3. The van der Waals surface area contributed by atoms with Gasteiger partial charge in [-0.1, -0.05) is 66.7 Å². The Morgan fingerprint density at radius 2 is 0.930 bits per heavy atom. The van der Waals surface area contributed by atoms with Crippen molar-refractivity contribution in [1.29, 1.82) is 10.8 Å². The second-order valence-electron chi connectivity index (χ2n) is 17.0. The van der Waals surface area contributed by atoms with Gasteiger partial charge in [0.05, 0.1) is 6.04 Å². The Hall–Kier alpha value is -8.47. The minimum absolute atomic E-state index is 0.0374. The van der Waals surface area contributed by atoms with Gasteiger partial charge in [-0.05, 0) is 67.3 Å². The van der Waals surface area contributed by atoms with E-state index in [-0.39, 0.29) is 82.8 Å². The van der Waals surface area contributed by atoms with Gasteiger partial charge in [0, 0.05) is 66.6 Å². The number of aromatic nitrogens is 2. The predicted octanol–water partition coefficient (Wildman–Crippen LogP) is -0.695. The topological polar surface area (TPSA) is 407 Å². The average molecular weight is 978 g/mol. The van der Waals surface area contributed by atoms with Crippen LogP contribution in [0.25, 0.3) is 21.8 Å². The Bertz CT molecular complexity index is 2670. The SMILES string of the molecule is N=C(N)NCCC[C@H](NC(=O)[C@H](CCC(N)=O)NC(=O)[C@H](Cc1c[nH]c2ccccc12)NC(=O)[C@H](Cc1c[nH]c2ccccc12)NC(=O)[C@H](CCCNC(=N)N)NC(=O)[C@@H](N)Cc1ccccc1)C(=O)O. The number of carboxylic acids is 1. The summed E-state index contributed by atoms with van der Waals surface area (Å²) in [5.41, 5.74) is 26.1. The summed E-state index contributed by atoms with van der Waals surface area (Å²) in [6.07, 6.45) is 2.96. The number of para-hydroxylation sites is 2. The van der Waals surface area contributed by atoms with Crippen LogP contribution in [0, 0.1) is 10.8 Å². The van der Waals surface area contributed by atoms with Gasteiger partial charge in [0.2, 0.25) is 35.4 Å². The Balaban J connectivity index is 1.46. The molecule has 0 aliphatic heterocycles. The predicted molar refractivity (Wildman–Crippen MR) is 266 cm³/mol. The second-order valence-corrected chi connectivity index (χ2v) is 17.0. The molecule has 0 unspecified atom stereocenters. The summed E-state index contributed by atoms with van der Waals surface area (Å²) in [4.78, 5) is 102. The van der Waals surface area contributed by atoms with Crippen molar-refractivity contribution >= 4 is 75.1 Å². The van der Waals surface area contributed by atoms with Gasteiger partial charge < -0.3 is 75.2 Å². The van der Waals surface area contributed by atoms with E-state index in [0.29, 0.717) is 11.1 Å². The number of hydrogen-bond acceptors (Lipinski definition) is 10. The zero-order valence-electron chi connectivity index (χ0n) is 39.0. The molecule has 6 atom stereocenters. The zero-order chi connectivity index (χ0) is 51.5. The minimum Gasteiger partial charge on any atom is -0.480 e. The molecule has 5 aromatic rings. The lowest BCUT2D eigenvalue weighted by molar-refractivity contribution is -0.142. The number of aliphatic carboxylic acids is 1. The first-order valence-electron chi connectivity index (χ1n) is 23.1. The largest absolute Gasteiger partial charge is 0.480 e. The zero-order valence-corrected chi connectivity index (χ0v) is 39.0. The first-order valence-corrected chi connectivity index (χ1v) is 23.1. The van der Waals surface area contributed by atoms with Crippen LogP contribution in [0.2, 0.25) is 0 Å². The summed E-state index contributed by atoms with van der Waals surface area (Å²) >= 11 is 0. The van der Waals surface area contributed by atoms with E-state index in [9.17, 15) is 38.7 Å². The molecule has 71 heavy (non-hydrogen) atoms. The number of nitrogens with two attached hydrogens (primary N) is 4. The number of benzene rings is 3. The Labute approximate surface area is 408 Å². The van der Waals surface area contributed by atoms with Crippen molar-refractivity contribution in [2.45, 2.75) is 94.0 Å². The number of carboxylic acid groups (broad SMARTS) is 1. The van der Waals surface area contributed by atoms with E-state index in [1.165, 1.54) is 0 Å². The maximum Gasteiger partial charge on any atom is 0.326 e. The summed E-state index contributed by atoms with van der Waals surface area (Å²) < 4.78 is 0. The monoisotopic (exact) mass is 977 g/mol. The van der Waals surface area contributed by atoms with Crippen LogP contribution in [0.1, 0.15) is 55.2 Å². The Kier molecular flexibility index (Phi) is 19.8. The Morgan fingerprint density at radius 1 is 0.521 bits per heavy atom. The van der Waals surface area contributed by atoms with Crippen LogP contribution < -0.4 is 60.2 Å². The lowest BCUT2D eigenvalue weighted by atomic mass is 10.00. The fourth-order valence-corrected chi connectivity index (χ4v) is 7.93. The molecule has 2 heterocycles. The van der Waals surface area contributed by atoms with Gasteiger partial charge in [-0.2, -0.15) is 0 Å². The lowest BCUT2D eigenvalue weighted by Crippen LogP contribution is -2.60. The molecule has 3 aromatic carbocycles. The number of nitrogens with one attached hydrogen (secondary N) is 11. The summed E-state index contributed by atoms with van der Waals surface area (Å²) in [6, 6.07) is 15.5. The third-order valence-corrected chi connectivity index (χ3v) is 11.6. The van der Waals surface area contributed by atoms with E-state index < -0.39 is 77.7 Å². The molecular formula is C48H63N15O8. The molecule has 23 heteroatoms. The van der Waals surface area contributed by atoms with E-state index in [0.717, 1.165) is 27.4 Å². The van der Waals surface area contributed by atoms with Crippen molar-refractivity contribution in [3.8, 4) is 0 Å². The third-order valence-electron chi connectivity index (χ3n) is 11.6. The summed E-state index contributed by atoms with van der Waals surface area (Å²) in [5, 5.41) is 44.9. The van der Waals surface area contributed by atoms with Gasteiger partial charge in [0.15, 0.2) is 11.9 Å². The summed E-state index contributed by atoms with van der Waals surface area (Å²) in [6.45, 7) is 0.327. The number of carbonyl (C=O) groups is 7. The number of rotatable bonds is 28. The fraction of sp³-hybridized carbons (Fsp3) is 0.354. The van der Waals surface area contributed by atoms with Crippen LogP contribution in [0.15, 0.2) is 91.3 Å². The minimum atomic E-state index is -1.51. The van der Waals surface area contributed by atoms with Crippen molar-refractivity contribution in [3.63, 3.8) is 0 Å². The van der Waals surface area contributed by atoms with Crippen molar-refractivity contribution < 1.29 is 38.7 Å². The van der Waals surface area contributed by atoms with Gasteiger partial charge in [-0.15, -0.1) is 0 Å². The van der Waals surface area contributed by atoms with Crippen molar-refractivity contribution in [1.82, 2.24) is 47.2 Å².